The van der Waals surface area contributed by atoms with Gasteiger partial charge in [-0.15, -0.1) is 0 Å². The number of aryl methyl sites for hydroxylation is 2. The predicted molar refractivity (Wildman–Crippen MR) is 105 cm³/mol. The topological polar surface area (TPSA) is 71.3 Å². The van der Waals surface area contributed by atoms with E-state index in [2.05, 4.69) is 26.4 Å². The van der Waals surface area contributed by atoms with Crippen molar-refractivity contribution in [3.05, 3.63) is 24.0 Å². The lowest BCUT2D eigenvalue weighted by Gasteiger charge is -2.12. The Morgan fingerprint density at radius 2 is 1.78 bits per heavy atom. The molecule has 27 heavy (non-hydrogen) atoms. The highest BCUT2D eigenvalue weighted by molar-refractivity contribution is 5.81. The SMILES string of the molecule is CCCCCn1c(C)nc2nc(-c3ccc(OC)cc3OC)nc(OC)c21. The molecule has 0 aliphatic carbocycles. The predicted octanol–water partition coefficient (Wildman–Crippen LogP) is 4.02. The van der Waals surface area contributed by atoms with Gasteiger partial charge in [-0.2, -0.15) is 4.98 Å². The molecule has 0 saturated heterocycles. The number of fused-ring (bicyclic) bond motifs is 1. The first-order valence-corrected chi connectivity index (χ1v) is 9.14. The Balaban J connectivity index is 2.12. The molecule has 2 aromatic heterocycles. The highest BCUT2D eigenvalue weighted by atomic mass is 16.5. The summed E-state index contributed by atoms with van der Waals surface area (Å²) in [6, 6.07) is 5.54. The number of benzene rings is 1. The average molecular weight is 370 g/mol. The quantitative estimate of drug-likeness (QED) is 0.558. The molecule has 1 aromatic carbocycles. The summed E-state index contributed by atoms with van der Waals surface area (Å²) >= 11 is 0. The molecule has 3 aromatic rings. The lowest BCUT2D eigenvalue weighted by molar-refractivity contribution is 0.394. The molecule has 7 heteroatoms. The molecular formula is C20H26N4O3. The minimum atomic E-state index is 0.511. The molecule has 0 spiro atoms. The number of unbranched alkanes of at least 4 members (excludes halogenated alkanes) is 2. The largest absolute Gasteiger partial charge is 0.497 e. The van der Waals surface area contributed by atoms with Crippen LogP contribution in [0, 0.1) is 6.92 Å². The lowest BCUT2D eigenvalue weighted by atomic mass is 10.1. The first-order valence-electron chi connectivity index (χ1n) is 9.14. The molecule has 0 amide bonds. The fraction of sp³-hybridized carbons (Fsp3) is 0.450. The number of rotatable bonds is 8. The molecule has 0 N–H and O–H groups in total. The highest BCUT2D eigenvalue weighted by Gasteiger charge is 2.19. The van der Waals surface area contributed by atoms with E-state index in [1.54, 1.807) is 21.3 Å². The third kappa shape index (κ3) is 3.67. The molecule has 0 unspecified atom stereocenters. The van der Waals surface area contributed by atoms with Crippen LogP contribution in [0.2, 0.25) is 0 Å². The van der Waals surface area contributed by atoms with Gasteiger partial charge in [0.05, 0.1) is 26.9 Å². The zero-order chi connectivity index (χ0) is 19.4. The van der Waals surface area contributed by atoms with Gasteiger partial charge in [0.2, 0.25) is 5.88 Å². The summed E-state index contributed by atoms with van der Waals surface area (Å²) in [5.74, 6) is 3.28. The Labute approximate surface area is 159 Å². The molecule has 2 heterocycles. The molecule has 0 fully saturated rings. The molecule has 144 valence electrons. The van der Waals surface area contributed by atoms with Crippen LogP contribution >= 0.6 is 0 Å². The Morgan fingerprint density at radius 3 is 2.44 bits per heavy atom. The van der Waals surface area contributed by atoms with Crippen molar-refractivity contribution in [1.82, 2.24) is 19.5 Å². The van der Waals surface area contributed by atoms with E-state index in [-0.39, 0.29) is 0 Å². The fourth-order valence-electron chi connectivity index (χ4n) is 3.15. The Morgan fingerprint density at radius 1 is 0.963 bits per heavy atom. The van der Waals surface area contributed by atoms with Gasteiger partial charge in [0.1, 0.15) is 17.3 Å². The van der Waals surface area contributed by atoms with Crippen LogP contribution in [0.15, 0.2) is 18.2 Å². The van der Waals surface area contributed by atoms with E-state index in [0.717, 1.165) is 29.9 Å². The van der Waals surface area contributed by atoms with Gasteiger partial charge in [0, 0.05) is 12.6 Å². The minimum absolute atomic E-state index is 0.511. The number of imidazole rings is 1. The molecule has 7 nitrogen and oxygen atoms in total. The average Bonchev–Trinajstić information content (AvgIpc) is 3.02. The van der Waals surface area contributed by atoms with E-state index in [1.165, 1.54) is 12.8 Å². The van der Waals surface area contributed by atoms with Crippen LogP contribution in [0.3, 0.4) is 0 Å². The summed E-state index contributed by atoms with van der Waals surface area (Å²) in [7, 11) is 4.85. The van der Waals surface area contributed by atoms with E-state index >= 15 is 0 Å². The fourth-order valence-corrected chi connectivity index (χ4v) is 3.15. The number of hydrogen-bond donors (Lipinski definition) is 0. The summed E-state index contributed by atoms with van der Waals surface area (Å²) in [4.78, 5) is 14.0. The Kier molecular flexibility index (Phi) is 5.78. The van der Waals surface area contributed by atoms with Gasteiger partial charge in [-0.05, 0) is 25.5 Å². The van der Waals surface area contributed by atoms with Crippen molar-refractivity contribution < 1.29 is 14.2 Å². The summed E-state index contributed by atoms with van der Waals surface area (Å²) in [5.41, 5.74) is 2.22. The van der Waals surface area contributed by atoms with Gasteiger partial charge in [-0.1, -0.05) is 19.8 Å². The molecule has 0 aliphatic heterocycles. The van der Waals surface area contributed by atoms with E-state index in [1.807, 2.05) is 25.1 Å². The highest BCUT2D eigenvalue weighted by Crippen LogP contribution is 2.34. The monoisotopic (exact) mass is 370 g/mol. The van der Waals surface area contributed by atoms with Crippen LogP contribution in [0.4, 0.5) is 0 Å². The Hall–Kier alpha value is -2.83. The van der Waals surface area contributed by atoms with Crippen LogP contribution in [0.25, 0.3) is 22.6 Å². The van der Waals surface area contributed by atoms with Gasteiger partial charge >= 0.3 is 0 Å². The second-order valence-electron chi connectivity index (χ2n) is 6.31. The van der Waals surface area contributed by atoms with Crippen LogP contribution in [0.5, 0.6) is 17.4 Å². The second-order valence-corrected chi connectivity index (χ2v) is 6.31. The van der Waals surface area contributed by atoms with Crippen molar-refractivity contribution in [2.45, 2.75) is 39.7 Å². The summed E-state index contributed by atoms with van der Waals surface area (Å²) in [6.45, 7) is 5.05. The summed E-state index contributed by atoms with van der Waals surface area (Å²) in [5, 5.41) is 0. The van der Waals surface area contributed by atoms with Crippen LogP contribution < -0.4 is 14.2 Å². The summed E-state index contributed by atoms with van der Waals surface area (Å²) in [6.07, 6.45) is 3.42. The maximum atomic E-state index is 5.59. The molecule has 3 rings (SSSR count). The molecule has 0 atom stereocenters. The Bertz CT molecular complexity index is 937. The van der Waals surface area contributed by atoms with Gasteiger partial charge in [0.15, 0.2) is 17.0 Å². The number of aromatic nitrogens is 4. The number of nitrogens with zero attached hydrogens (tertiary/aromatic N) is 4. The second kappa shape index (κ2) is 8.24. The van der Waals surface area contributed by atoms with Gasteiger partial charge in [-0.3, -0.25) is 0 Å². The van der Waals surface area contributed by atoms with Crippen LogP contribution in [-0.4, -0.2) is 40.8 Å². The maximum Gasteiger partial charge on any atom is 0.243 e. The third-order valence-electron chi connectivity index (χ3n) is 4.59. The lowest BCUT2D eigenvalue weighted by Crippen LogP contribution is -2.04. The van der Waals surface area contributed by atoms with Crippen molar-refractivity contribution in [2.24, 2.45) is 0 Å². The molecule has 0 saturated carbocycles. The number of ether oxygens (including phenoxy) is 3. The zero-order valence-corrected chi connectivity index (χ0v) is 16.6. The minimum Gasteiger partial charge on any atom is -0.497 e. The van der Waals surface area contributed by atoms with Gasteiger partial charge < -0.3 is 18.8 Å². The van der Waals surface area contributed by atoms with Crippen molar-refractivity contribution in [1.29, 1.82) is 0 Å². The summed E-state index contributed by atoms with van der Waals surface area (Å²) < 4.78 is 18.5. The van der Waals surface area contributed by atoms with Crippen LogP contribution in [-0.2, 0) is 6.54 Å². The van der Waals surface area contributed by atoms with Crippen molar-refractivity contribution >= 4 is 11.2 Å². The number of methoxy groups -OCH3 is 3. The van der Waals surface area contributed by atoms with Crippen molar-refractivity contribution in [3.63, 3.8) is 0 Å². The smallest absolute Gasteiger partial charge is 0.243 e. The zero-order valence-electron chi connectivity index (χ0n) is 16.6. The molecule has 0 bridgehead atoms. The first-order chi connectivity index (χ1) is 13.1. The maximum absolute atomic E-state index is 5.59. The first kappa shape index (κ1) is 18.9. The van der Waals surface area contributed by atoms with Crippen molar-refractivity contribution in [3.8, 4) is 28.8 Å². The van der Waals surface area contributed by atoms with E-state index in [4.69, 9.17) is 14.2 Å². The van der Waals surface area contributed by atoms with E-state index < -0.39 is 0 Å². The van der Waals surface area contributed by atoms with E-state index in [9.17, 15) is 0 Å². The van der Waals surface area contributed by atoms with Crippen molar-refractivity contribution in [2.75, 3.05) is 21.3 Å². The van der Waals surface area contributed by atoms with Crippen LogP contribution in [0.1, 0.15) is 32.0 Å². The standard InChI is InChI=1S/C20H26N4O3/c1-6-7-8-11-24-13(2)21-19-17(24)20(27-5)23-18(22-19)15-10-9-14(25-3)12-16(15)26-4/h9-10,12H,6-8,11H2,1-5H3. The molecule has 0 radical (unpaired) electrons. The molecule has 0 aliphatic rings. The third-order valence-corrected chi connectivity index (χ3v) is 4.59. The molecular weight excluding hydrogens is 344 g/mol. The van der Waals surface area contributed by atoms with Gasteiger partial charge in [-0.25, -0.2) is 9.97 Å². The normalized spacial score (nSPS) is 11.0. The number of hydrogen-bond acceptors (Lipinski definition) is 6. The van der Waals surface area contributed by atoms with Gasteiger partial charge in [0.25, 0.3) is 0 Å². The van der Waals surface area contributed by atoms with E-state index in [0.29, 0.717) is 28.9 Å².